The number of morpholine rings is 1. The number of aromatic nitrogens is 1. The Hall–Kier alpha value is -1.17. The molecule has 0 amide bonds. The van der Waals surface area contributed by atoms with Gasteiger partial charge in [0.1, 0.15) is 12.4 Å². The highest BCUT2D eigenvalue weighted by Gasteiger charge is 2.20. The molecule has 1 aliphatic heterocycles. The van der Waals surface area contributed by atoms with Crippen LogP contribution in [0, 0.1) is 0 Å². The van der Waals surface area contributed by atoms with Crippen molar-refractivity contribution >= 4 is 0 Å². The molecule has 5 heteroatoms. The van der Waals surface area contributed by atoms with E-state index in [1.807, 2.05) is 6.07 Å². The summed E-state index contributed by atoms with van der Waals surface area (Å²) in [5, 5.41) is 0. The molecule has 1 atom stereocenters. The molecule has 0 unspecified atom stereocenters. The minimum atomic E-state index is 0.301. The van der Waals surface area contributed by atoms with Crippen molar-refractivity contribution in [3.63, 3.8) is 0 Å². The summed E-state index contributed by atoms with van der Waals surface area (Å²) in [7, 11) is 2.09. The molecule has 17 heavy (non-hydrogen) atoms. The first kappa shape index (κ1) is 12.3. The molecule has 0 aromatic carbocycles. The van der Waals surface area contributed by atoms with Gasteiger partial charge in [0.05, 0.1) is 25.5 Å². The summed E-state index contributed by atoms with van der Waals surface area (Å²) < 4.78 is 11.2. The molecule has 5 nitrogen and oxygen atoms in total. The zero-order valence-corrected chi connectivity index (χ0v) is 10.1. The van der Waals surface area contributed by atoms with Crippen molar-refractivity contribution in [3.05, 3.63) is 24.0 Å². The molecule has 1 aromatic heterocycles. The Labute approximate surface area is 102 Å². The maximum Gasteiger partial charge on any atom is 0.142 e. The number of rotatable bonds is 4. The number of likely N-dealkylation sites (N-methyl/N-ethyl adjacent to an activating group) is 1. The maximum absolute atomic E-state index is 5.77. The van der Waals surface area contributed by atoms with Gasteiger partial charge < -0.3 is 15.2 Å². The van der Waals surface area contributed by atoms with Gasteiger partial charge in [-0.05, 0) is 13.1 Å². The molecular weight excluding hydrogens is 218 g/mol. The number of nitrogens with zero attached hydrogens (tertiary/aromatic N) is 2. The third-order valence-electron chi connectivity index (χ3n) is 3.04. The Morgan fingerprint density at radius 3 is 3.29 bits per heavy atom. The van der Waals surface area contributed by atoms with Crippen molar-refractivity contribution in [2.24, 2.45) is 5.73 Å². The molecule has 2 rings (SSSR count). The lowest BCUT2D eigenvalue weighted by molar-refractivity contribution is -0.0109. The van der Waals surface area contributed by atoms with E-state index in [1.54, 1.807) is 12.4 Å². The zero-order chi connectivity index (χ0) is 12.1. The molecule has 1 saturated heterocycles. The van der Waals surface area contributed by atoms with Crippen LogP contribution in [-0.4, -0.2) is 49.3 Å². The van der Waals surface area contributed by atoms with Gasteiger partial charge in [0.25, 0.3) is 0 Å². The van der Waals surface area contributed by atoms with Gasteiger partial charge in [0, 0.05) is 24.8 Å². The van der Waals surface area contributed by atoms with Crippen LogP contribution < -0.4 is 10.5 Å². The predicted octanol–water partition coefficient (Wildman–Crippen LogP) is 0.250. The van der Waals surface area contributed by atoms with Gasteiger partial charge in [-0.2, -0.15) is 0 Å². The average molecular weight is 237 g/mol. The number of hydrogen-bond donors (Lipinski definition) is 1. The Morgan fingerprint density at radius 1 is 1.65 bits per heavy atom. The van der Waals surface area contributed by atoms with Crippen LogP contribution in [0.25, 0.3) is 0 Å². The maximum atomic E-state index is 5.77. The van der Waals surface area contributed by atoms with Gasteiger partial charge in [0.2, 0.25) is 0 Å². The van der Waals surface area contributed by atoms with E-state index in [2.05, 4.69) is 16.9 Å². The lowest BCUT2D eigenvalue weighted by Gasteiger charge is -2.32. The Morgan fingerprint density at radius 2 is 2.53 bits per heavy atom. The summed E-state index contributed by atoms with van der Waals surface area (Å²) in [6.45, 7) is 3.54. The molecule has 0 bridgehead atoms. The van der Waals surface area contributed by atoms with E-state index in [-0.39, 0.29) is 0 Å². The smallest absolute Gasteiger partial charge is 0.142 e. The summed E-state index contributed by atoms with van der Waals surface area (Å²) >= 11 is 0. The number of pyridine rings is 1. The van der Waals surface area contributed by atoms with Crippen molar-refractivity contribution in [1.29, 1.82) is 0 Å². The molecule has 2 N–H and O–H groups in total. The van der Waals surface area contributed by atoms with E-state index in [4.69, 9.17) is 15.2 Å². The first-order valence-corrected chi connectivity index (χ1v) is 5.85. The summed E-state index contributed by atoms with van der Waals surface area (Å²) in [5.41, 5.74) is 6.63. The van der Waals surface area contributed by atoms with E-state index >= 15 is 0 Å². The fourth-order valence-corrected chi connectivity index (χ4v) is 1.81. The fraction of sp³-hybridized carbons (Fsp3) is 0.583. The third-order valence-corrected chi connectivity index (χ3v) is 3.04. The van der Waals surface area contributed by atoms with Crippen molar-refractivity contribution in [1.82, 2.24) is 9.88 Å². The van der Waals surface area contributed by atoms with Crippen molar-refractivity contribution < 1.29 is 9.47 Å². The van der Waals surface area contributed by atoms with Gasteiger partial charge in [0.15, 0.2) is 0 Å². The molecule has 1 fully saturated rings. The van der Waals surface area contributed by atoms with Crippen LogP contribution in [0.5, 0.6) is 5.75 Å². The van der Waals surface area contributed by atoms with Crippen LogP contribution in [0.15, 0.2) is 18.5 Å². The van der Waals surface area contributed by atoms with E-state index in [9.17, 15) is 0 Å². The number of nitrogens with two attached hydrogens (primary N) is 1. The van der Waals surface area contributed by atoms with Crippen molar-refractivity contribution in [3.8, 4) is 5.75 Å². The second kappa shape index (κ2) is 5.95. The highest BCUT2D eigenvalue weighted by atomic mass is 16.5. The summed E-state index contributed by atoms with van der Waals surface area (Å²) in [6.07, 6.45) is 3.44. The van der Waals surface area contributed by atoms with E-state index in [0.29, 0.717) is 25.8 Å². The van der Waals surface area contributed by atoms with Crippen LogP contribution in [-0.2, 0) is 11.3 Å². The van der Waals surface area contributed by atoms with Gasteiger partial charge in [-0.25, -0.2) is 0 Å². The minimum Gasteiger partial charge on any atom is -0.490 e. The molecule has 94 valence electrons. The lowest BCUT2D eigenvalue weighted by Crippen LogP contribution is -2.46. The largest absolute Gasteiger partial charge is 0.490 e. The lowest BCUT2D eigenvalue weighted by atomic mass is 10.2. The van der Waals surface area contributed by atoms with Crippen LogP contribution in [0.4, 0.5) is 0 Å². The molecule has 1 aliphatic rings. The molecule has 2 heterocycles. The van der Waals surface area contributed by atoms with Crippen LogP contribution in [0.3, 0.4) is 0 Å². The van der Waals surface area contributed by atoms with Crippen LogP contribution in [0.2, 0.25) is 0 Å². The third kappa shape index (κ3) is 3.15. The second-order valence-electron chi connectivity index (χ2n) is 4.21. The van der Waals surface area contributed by atoms with E-state index in [0.717, 1.165) is 24.5 Å². The van der Waals surface area contributed by atoms with Gasteiger partial charge in [-0.1, -0.05) is 0 Å². The summed E-state index contributed by atoms with van der Waals surface area (Å²) in [6, 6.07) is 2.19. The highest BCUT2D eigenvalue weighted by molar-refractivity contribution is 5.29. The molecule has 1 aromatic rings. The summed E-state index contributed by atoms with van der Waals surface area (Å²) in [5.74, 6) is 0.772. The highest BCUT2D eigenvalue weighted by Crippen LogP contribution is 2.16. The topological polar surface area (TPSA) is 60.6 Å². The van der Waals surface area contributed by atoms with Crippen LogP contribution in [0.1, 0.15) is 5.56 Å². The minimum absolute atomic E-state index is 0.301. The van der Waals surface area contributed by atoms with E-state index in [1.165, 1.54) is 0 Å². The predicted molar refractivity (Wildman–Crippen MR) is 64.9 cm³/mol. The summed E-state index contributed by atoms with van der Waals surface area (Å²) in [4.78, 5) is 6.30. The number of hydrogen-bond acceptors (Lipinski definition) is 5. The first-order chi connectivity index (χ1) is 8.31. The molecule has 0 radical (unpaired) electrons. The monoisotopic (exact) mass is 237 g/mol. The molecule has 0 saturated carbocycles. The van der Waals surface area contributed by atoms with Gasteiger partial charge in [-0.3, -0.25) is 9.88 Å². The average Bonchev–Trinajstić information content (AvgIpc) is 2.38. The SMILES string of the molecule is CN1CCOC[C@H]1COc1cnccc1CN. The Kier molecular flexibility index (Phi) is 4.30. The number of ether oxygens (including phenoxy) is 2. The van der Waals surface area contributed by atoms with Gasteiger partial charge in [-0.15, -0.1) is 0 Å². The van der Waals surface area contributed by atoms with E-state index < -0.39 is 0 Å². The van der Waals surface area contributed by atoms with Crippen molar-refractivity contribution in [2.45, 2.75) is 12.6 Å². The Balaban J connectivity index is 1.92. The van der Waals surface area contributed by atoms with Crippen LogP contribution >= 0.6 is 0 Å². The van der Waals surface area contributed by atoms with Crippen molar-refractivity contribution in [2.75, 3.05) is 33.4 Å². The second-order valence-corrected chi connectivity index (χ2v) is 4.21. The molecular formula is C12H19N3O2. The normalized spacial score (nSPS) is 21.4. The zero-order valence-electron chi connectivity index (χ0n) is 10.1. The molecule has 0 spiro atoms. The quantitative estimate of drug-likeness (QED) is 0.813. The fourth-order valence-electron chi connectivity index (χ4n) is 1.81. The first-order valence-electron chi connectivity index (χ1n) is 5.85. The Bertz CT molecular complexity index is 359. The van der Waals surface area contributed by atoms with Gasteiger partial charge >= 0.3 is 0 Å². The standard InChI is InChI=1S/C12H19N3O2/c1-15-4-5-16-8-11(15)9-17-12-7-14-3-2-10(12)6-13/h2-3,7,11H,4-6,8-9,13H2,1H3/t11-/m0/s1. The molecule has 0 aliphatic carbocycles.